The van der Waals surface area contributed by atoms with E-state index < -0.39 is 34.6 Å². The molecular formula is C27H24BrF2N2O7PS2. The number of carbonyl (C=O) groups is 1. The molecule has 0 spiro atoms. The molecule has 15 heteroatoms. The van der Waals surface area contributed by atoms with Crippen LogP contribution in [0.5, 0.6) is 0 Å². The second-order valence-corrected chi connectivity index (χ2v) is 14.6. The van der Waals surface area contributed by atoms with E-state index in [1.165, 1.54) is 42.7 Å². The van der Waals surface area contributed by atoms with Crippen LogP contribution in [0, 0.1) is 0 Å². The molecule has 0 fully saturated rings. The van der Waals surface area contributed by atoms with Crippen LogP contribution in [0.4, 0.5) is 13.9 Å². The number of carbonyl (C=O) groups excluding carboxylic acids is 1. The molecule has 0 unspecified atom stereocenters. The van der Waals surface area contributed by atoms with Crippen molar-refractivity contribution in [2.24, 2.45) is 0 Å². The Morgan fingerprint density at radius 3 is 2.19 bits per heavy atom. The summed E-state index contributed by atoms with van der Waals surface area (Å²) in [5.74, 6) is -0.484. The molecule has 42 heavy (non-hydrogen) atoms. The van der Waals surface area contributed by atoms with Crippen LogP contribution >= 0.6 is 34.9 Å². The molecule has 222 valence electrons. The maximum absolute atomic E-state index is 14.4. The highest BCUT2D eigenvalue weighted by Crippen LogP contribution is 2.60. The Labute approximate surface area is 253 Å². The number of anilines is 1. The molecule has 1 heterocycles. The summed E-state index contributed by atoms with van der Waals surface area (Å²) >= 11 is 4.34. The van der Waals surface area contributed by atoms with Gasteiger partial charge in [-0.1, -0.05) is 52.3 Å². The van der Waals surface area contributed by atoms with E-state index in [1.807, 2.05) is 4.90 Å². The molecule has 2 N–H and O–H groups in total. The summed E-state index contributed by atoms with van der Waals surface area (Å²) in [5.41, 5.74) is -2.19. The minimum atomic E-state index is -5.75. The smallest absolute Gasteiger partial charge is 0.399 e. The summed E-state index contributed by atoms with van der Waals surface area (Å²) in [6.07, 6.45) is 1.12. The van der Waals surface area contributed by atoms with E-state index >= 15 is 0 Å². The van der Waals surface area contributed by atoms with E-state index in [-0.39, 0.29) is 15.9 Å². The van der Waals surface area contributed by atoms with Crippen molar-refractivity contribution in [2.45, 2.75) is 23.6 Å². The van der Waals surface area contributed by atoms with E-state index in [0.29, 0.717) is 34.1 Å². The maximum atomic E-state index is 14.4. The number of sulfone groups is 1. The highest BCUT2D eigenvalue weighted by Gasteiger charge is 2.51. The zero-order valence-corrected chi connectivity index (χ0v) is 26.2. The average molecular weight is 702 g/mol. The Hall–Kier alpha value is -3.00. The number of rotatable bonds is 10. The molecule has 0 atom stereocenters. The molecule has 0 saturated heterocycles. The van der Waals surface area contributed by atoms with Crippen LogP contribution in [0.2, 0.25) is 0 Å². The number of ether oxygens (including phenoxy) is 1. The van der Waals surface area contributed by atoms with Crippen LogP contribution in [-0.4, -0.2) is 42.5 Å². The predicted octanol–water partition coefficient (Wildman–Crippen LogP) is 6.20. The quantitative estimate of drug-likeness (QED) is 0.147. The lowest BCUT2D eigenvalue weighted by molar-refractivity contribution is 0.0557. The molecule has 0 amide bonds. The van der Waals surface area contributed by atoms with Gasteiger partial charge in [-0.2, -0.15) is 8.78 Å². The van der Waals surface area contributed by atoms with Gasteiger partial charge in [0, 0.05) is 40.3 Å². The van der Waals surface area contributed by atoms with E-state index in [2.05, 4.69) is 15.9 Å². The minimum Gasteiger partial charge on any atom is -0.465 e. The van der Waals surface area contributed by atoms with Crippen molar-refractivity contribution in [3.05, 3.63) is 98.8 Å². The number of thiazole rings is 1. The van der Waals surface area contributed by atoms with Crippen molar-refractivity contribution in [2.75, 3.05) is 18.3 Å². The molecule has 3 aromatic carbocycles. The summed E-state index contributed by atoms with van der Waals surface area (Å²) in [6.45, 7) is 0.485. The first kappa shape index (κ1) is 31.9. The lowest BCUT2D eigenvalue weighted by atomic mass is 10.1. The van der Waals surface area contributed by atoms with Crippen LogP contribution in [0.25, 0.3) is 11.3 Å². The van der Waals surface area contributed by atoms with Crippen molar-refractivity contribution in [1.82, 2.24) is 4.98 Å². The van der Waals surface area contributed by atoms with Crippen molar-refractivity contribution >= 4 is 55.8 Å². The summed E-state index contributed by atoms with van der Waals surface area (Å²) in [7, 11) is -7.83. The number of methoxy groups -OCH3 is 1. The van der Waals surface area contributed by atoms with Gasteiger partial charge < -0.3 is 19.4 Å². The third-order valence-corrected chi connectivity index (χ3v) is 9.84. The van der Waals surface area contributed by atoms with E-state index in [1.54, 1.807) is 41.8 Å². The Balaban J connectivity index is 1.67. The molecule has 0 aliphatic heterocycles. The van der Waals surface area contributed by atoms with Crippen LogP contribution < -0.4 is 4.90 Å². The van der Waals surface area contributed by atoms with E-state index in [9.17, 15) is 26.6 Å². The van der Waals surface area contributed by atoms with Gasteiger partial charge in [0.1, 0.15) is 0 Å². The Kier molecular flexibility index (Phi) is 9.36. The number of alkyl halides is 2. The Bertz CT molecular complexity index is 1760. The zero-order valence-electron chi connectivity index (χ0n) is 22.1. The second kappa shape index (κ2) is 12.3. The summed E-state index contributed by atoms with van der Waals surface area (Å²) in [4.78, 5) is 36.9. The topological polar surface area (TPSA) is 134 Å². The summed E-state index contributed by atoms with van der Waals surface area (Å²) in [6, 6.07) is 16.7. The second-order valence-electron chi connectivity index (χ2n) is 9.26. The fraction of sp³-hybridized carbons (Fsp3) is 0.185. The third-order valence-electron chi connectivity index (χ3n) is 6.19. The Morgan fingerprint density at radius 2 is 1.64 bits per heavy atom. The number of benzene rings is 3. The van der Waals surface area contributed by atoms with Gasteiger partial charge in [0.2, 0.25) is 0 Å². The first-order chi connectivity index (χ1) is 19.6. The zero-order chi connectivity index (χ0) is 30.9. The fourth-order valence-electron chi connectivity index (χ4n) is 3.97. The van der Waals surface area contributed by atoms with Gasteiger partial charge in [-0.25, -0.2) is 18.2 Å². The molecule has 0 aliphatic rings. The molecule has 4 aromatic rings. The van der Waals surface area contributed by atoms with Gasteiger partial charge in [-0.05, 0) is 41.5 Å². The number of hydrogen-bond donors (Lipinski definition) is 2. The molecule has 0 bridgehead atoms. The molecular weight excluding hydrogens is 677 g/mol. The fourth-order valence-corrected chi connectivity index (χ4v) is 6.77. The number of aromatic nitrogens is 1. The number of esters is 1. The monoisotopic (exact) mass is 700 g/mol. The van der Waals surface area contributed by atoms with Crippen molar-refractivity contribution in [3.8, 4) is 11.3 Å². The predicted molar refractivity (Wildman–Crippen MR) is 158 cm³/mol. The maximum Gasteiger partial charge on any atom is 0.399 e. The average Bonchev–Trinajstić information content (AvgIpc) is 3.42. The van der Waals surface area contributed by atoms with Crippen LogP contribution in [0.15, 0.2) is 81.5 Å². The minimum absolute atomic E-state index is 0.165. The number of halogens is 3. The van der Waals surface area contributed by atoms with Crippen LogP contribution in [0.3, 0.4) is 0 Å². The van der Waals surface area contributed by atoms with E-state index in [0.717, 1.165) is 17.9 Å². The summed E-state index contributed by atoms with van der Waals surface area (Å²) < 4.78 is 68.3. The van der Waals surface area contributed by atoms with Gasteiger partial charge in [0.25, 0.3) is 0 Å². The highest BCUT2D eigenvalue weighted by atomic mass is 79.9. The van der Waals surface area contributed by atoms with Crippen molar-refractivity contribution < 1.29 is 41.1 Å². The van der Waals surface area contributed by atoms with Crippen molar-refractivity contribution in [1.29, 1.82) is 0 Å². The standard InChI is InChI=1S/C27H24BrF2N2O7PS2/c1-39-25(33)20-6-3-17(4-7-20)14-32(15-18-5-12-22(23(28)13-18)27(29,30)40(34,35)36)26-31-24(16-41-26)19-8-10-21(11-9-19)42(2,37)38/h3-13,16H,14-15H2,1-2H3,(H2,34,35,36). The lowest BCUT2D eigenvalue weighted by Gasteiger charge is -2.24. The highest BCUT2D eigenvalue weighted by molar-refractivity contribution is 9.10. The largest absolute Gasteiger partial charge is 0.465 e. The molecule has 9 nitrogen and oxygen atoms in total. The SMILES string of the molecule is COC(=O)c1ccc(CN(Cc2ccc(C(F)(F)P(=O)(O)O)c(Br)c2)c2nc(-c3ccc(S(C)(=O)=O)cc3)cs2)cc1. The van der Waals surface area contributed by atoms with E-state index in [4.69, 9.17) is 19.5 Å². The molecule has 0 radical (unpaired) electrons. The van der Waals surface area contributed by atoms with Crippen LogP contribution in [-0.2, 0) is 37.9 Å². The Morgan fingerprint density at radius 1 is 1.05 bits per heavy atom. The van der Waals surface area contributed by atoms with Gasteiger partial charge in [0.15, 0.2) is 15.0 Å². The molecule has 4 rings (SSSR count). The van der Waals surface area contributed by atoms with Gasteiger partial charge in [-0.3, -0.25) is 4.57 Å². The number of nitrogens with zero attached hydrogens (tertiary/aromatic N) is 2. The third kappa shape index (κ3) is 7.13. The van der Waals surface area contributed by atoms with Gasteiger partial charge >= 0.3 is 19.2 Å². The van der Waals surface area contributed by atoms with Crippen LogP contribution in [0.1, 0.15) is 27.0 Å². The van der Waals surface area contributed by atoms with Crippen molar-refractivity contribution in [3.63, 3.8) is 0 Å². The molecule has 0 aliphatic carbocycles. The summed E-state index contributed by atoms with van der Waals surface area (Å²) in [5, 5.41) is 2.37. The molecule has 0 saturated carbocycles. The number of hydrogen-bond acceptors (Lipinski definition) is 8. The molecule has 1 aromatic heterocycles. The first-order valence-corrected chi connectivity index (χ1v) is 17.2. The normalized spacial score (nSPS) is 12.3. The van der Waals surface area contributed by atoms with Gasteiger partial charge in [-0.15, -0.1) is 11.3 Å². The lowest BCUT2D eigenvalue weighted by Crippen LogP contribution is -2.22. The van der Waals surface area contributed by atoms with Gasteiger partial charge in [0.05, 0.1) is 23.3 Å². The first-order valence-electron chi connectivity index (χ1n) is 12.0.